The Kier molecular flexibility index (Phi) is 6.55. The minimum atomic E-state index is -0.763. The van der Waals surface area contributed by atoms with Crippen LogP contribution in [0.15, 0.2) is 59.7 Å². The normalized spacial score (nSPS) is 18.8. The molecule has 1 aromatic heterocycles. The second-order valence-corrected chi connectivity index (χ2v) is 8.59. The number of likely N-dealkylation sites (tertiary alicyclic amines) is 1. The summed E-state index contributed by atoms with van der Waals surface area (Å²) < 4.78 is 7.50. The number of fused-ring (bicyclic) bond motifs is 1. The molecule has 2 aromatic carbocycles. The molecule has 32 heavy (non-hydrogen) atoms. The van der Waals surface area contributed by atoms with E-state index in [1.165, 1.54) is 16.5 Å². The van der Waals surface area contributed by atoms with Crippen LogP contribution in [0, 0.1) is 0 Å². The van der Waals surface area contributed by atoms with E-state index < -0.39 is 6.10 Å². The molecule has 2 atom stereocenters. The van der Waals surface area contributed by atoms with Crippen molar-refractivity contribution in [2.75, 3.05) is 13.1 Å². The first-order chi connectivity index (χ1) is 15.4. The highest BCUT2D eigenvalue weighted by Crippen LogP contribution is 2.24. The van der Waals surface area contributed by atoms with Crippen molar-refractivity contribution in [2.45, 2.75) is 51.4 Å². The fraction of sp³-hybridized carbons (Fsp3) is 0.400. The zero-order chi connectivity index (χ0) is 22.7. The molecule has 4 rings (SSSR count). The minimum Gasteiger partial charge on any atom is -0.488 e. The van der Waals surface area contributed by atoms with Gasteiger partial charge >= 0.3 is 0 Å². The van der Waals surface area contributed by atoms with Crippen molar-refractivity contribution < 1.29 is 14.6 Å². The molecule has 1 aliphatic rings. The summed E-state index contributed by atoms with van der Waals surface area (Å²) in [5.74, 6) is 1.04. The van der Waals surface area contributed by atoms with E-state index in [2.05, 4.69) is 24.9 Å². The molecule has 0 radical (unpaired) electrons. The van der Waals surface area contributed by atoms with E-state index in [-0.39, 0.29) is 37.1 Å². The lowest BCUT2D eigenvalue weighted by atomic mass is 10.0. The SMILES string of the molecule is CC(C)c1cccc(O[C@@H]2CCN(C(=O)CCn3cnc4ccccc4c3=O)C[C@H]2O)c1. The summed E-state index contributed by atoms with van der Waals surface area (Å²) in [5, 5.41) is 11.1. The molecule has 2 heterocycles. The third kappa shape index (κ3) is 4.83. The van der Waals surface area contributed by atoms with Crippen LogP contribution < -0.4 is 10.3 Å². The van der Waals surface area contributed by atoms with Gasteiger partial charge in [0.2, 0.25) is 5.91 Å². The van der Waals surface area contributed by atoms with Crippen LogP contribution in [0.5, 0.6) is 5.75 Å². The standard InChI is InChI=1S/C25H29N3O4/c1-17(2)18-6-5-7-19(14-18)32-23-10-12-27(15-22(23)29)24(30)11-13-28-16-26-21-9-4-3-8-20(21)25(28)31/h3-9,14,16-17,22-23,29H,10-13,15H2,1-2H3/t22-,23-/m1/s1. The smallest absolute Gasteiger partial charge is 0.261 e. The average Bonchev–Trinajstić information content (AvgIpc) is 2.80. The van der Waals surface area contributed by atoms with Gasteiger partial charge in [0.05, 0.1) is 23.8 Å². The predicted molar refractivity (Wildman–Crippen MR) is 123 cm³/mol. The Hall–Kier alpha value is -3.19. The Balaban J connectivity index is 1.33. The first kappa shape index (κ1) is 22.0. The van der Waals surface area contributed by atoms with Crippen LogP contribution in [0.4, 0.5) is 0 Å². The fourth-order valence-electron chi connectivity index (χ4n) is 4.04. The Labute approximate surface area is 187 Å². The number of hydrogen-bond donors (Lipinski definition) is 1. The lowest BCUT2D eigenvalue weighted by Crippen LogP contribution is -2.51. The van der Waals surface area contributed by atoms with Gasteiger partial charge in [0.25, 0.3) is 5.56 Å². The van der Waals surface area contributed by atoms with Gasteiger partial charge in [-0.15, -0.1) is 0 Å². The number of piperidine rings is 1. The number of amides is 1. The molecule has 1 saturated heterocycles. The highest BCUT2D eigenvalue weighted by Gasteiger charge is 2.31. The van der Waals surface area contributed by atoms with Gasteiger partial charge in [-0.1, -0.05) is 38.1 Å². The topological polar surface area (TPSA) is 84.7 Å². The van der Waals surface area contributed by atoms with Gasteiger partial charge in [-0.2, -0.15) is 0 Å². The number of rotatable bonds is 6. The number of aliphatic hydroxyl groups is 1. The number of aliphatic hydroxyl groups excluding tert-OH is 1. The maximum Gasteiger partial charge on any atom is 0.261 e. The number of benzene rings is 2. The van der Waals surface area contributed by atoms with Crippen LogP contribution >= 0.6 is 0 Å². The second-order valence-electron chi connectivity index (χ2n) is 8.59. The van der Waals surface area contributed by atoms with Crippen molar-refractivity contribution in [1.82, 2.24) is 14.5 Å². The molecule has 0 bridgehead atoms. The molecule has 0 saturated carbocycles. The van der Waals surface area contributed by atoms with E-state index in [1.807, 2.05) is 24.3 Å². The molecule has 3 aromatic rings. The highest BCUT2D eigenvalue weighted by atomic mass is 16.5. The van der Waals surface area contributed by atoms with E-state index >= 15 is 0 Å². The van der Waals surface area contributed by atoms with Gasteiger partial charge in [0.15, 0.2) is 0 Å². The Bertz CT molecular complexity index is 1160. The van der Waals surface area contributed by atoms with Crippen LogP contribution in [0.2, 0.25) is 0 Å². The van der Waals surface area contributed by atoms with Gasteiger partial charge in [0.1, 0.15) is 18.0 Å². The summed E-state index contributed by atoms with van der Waals surface area (Å²) in [7, 11) is 0. The molecule has 168 valence electrons. The monoisotopic (exact) mass is 435 g/mol. The summed E-state index contributed by atoms with van der Waals surface area (Å²) >= 11 is 0. The van der Waals surface area contributed by atoms with E-state index in [9.17, 15) is 14.7 Å². The number of aromatic nitrogens is 2. The summed E-state index contributed by atoms with van der Waals surface area (Å²) in [4.78, 5) is 31.2. The molecular formula is C25H29N3O4. The number of hydrogen-bond acceptors (Lipinski definition) is 5. The summed E-state index contributed by atoms with van der Waals surface area (Å²) in [6.07, 6.45) is 1.09. The summed E-state index contributed by atoms with van der Waals surface area (Å²) in [6, 6.07) is 15.1. The van der Waals surface area contributed by atoms with Gasteiger partial charge in [0, 0.05) is 25.9 Å². The lowest BCUT2D eigenvalue weighted by Gasteiger charge is -2.36. The third-order valence-corrected chi connectivity index (χ3v) is 5.98. The molecular weight excluding hydrogens is 406 g/mol. The van der Waals surface area contributed by atoms with Crippen molar-refractivity contribution in [3.8, 4) is 5.75 Å². The number of nitrogens with zero attached hydrogens (tertiary/aromatic N) is 3. The zero-order valence-corrected chi connectivity index (χ0v) is 18.5. The van der Waals surface area contributed by atoms with E-state index in [0.29, 0.717) is 29.8 Å². The van der Waals surface area contributed by atoms with Crippen molar-refractivity contribution >= 4 is 16.8 Å². The Morgan fingerprint density at radius 3 is 2.81 bits per heavy atom. The molecule has 1 fully saturated rings. The molecule has 0 unspecified atom stereocenters. The molecule has 7 heteroatoms. The van der Waals surface area contributed by atoms with Crippen molar-refractivity contribution in [3.63, 3.8) is 0 Å². The average molecular weight is 436 g/mol. The first-order valence-corrected chi connectivity index (χ1v) is 11.1. The number of ether oxygens (including phenoxy) is 1. The maximum absolute atomic E-state index is 12.7. The van der Waals surface area contributed by atoms with Crippen LogP contribution in [-0.4, -0.2) is 50.8 Å². The number of β-amino-alcohol motifs (C(OH)–C–C–N with tert-alkyl or cyclic N) is 1. The lowest BCUT2D eigenvalue weighted by molar-refractivity contribution is -0.137. The Morgan fingerprint density at radius 1 is 1.22 bits per heavy atom. The first-order valence-electron chi connectivity index (χ1n) is 11.1. The molecule has 1 amide bonds. The summed E-state index contributed by atoms with van der Waals surface area (Å²) in [6.45, 7) is 5.23. The van der Waals surface area contributed by atoms with E-state index in [4.69, 9.17) is 4.74 Å². The predicted octanol–water partition coefficient (Wildman–Crippen LogP) is 2.95. The molecule has 1 aliphatic heterocycles. The Morgan fingerprint density at radius 2 is 2.03 bits per heavy atom. The summed E-state index contributed by atoms with van der Waals surface area (Å²) in [5.41, 5.74) is 1.67. The number of carbonyl (C=O) groups is 1. The molecule has 0 spiro atoms. The molecule has 0 aliphatic carbocycles. The number of aryl methyl sites for hydroxylation is 1. The van der Waals surface area contributed by atoms with Crippen LogP contribution in [0.25, 0.3) is 10.9 Å². The number of carbonyl (C=O) groups excluding carboxylic acids is 1. The van der Waals surface area contributed by atoms with Gasteiger partial charge in [-0.25, -0.2) is 4.98 Å². The fourth-order valence-corrected chi connectivity index (χ4v) is 4.04. The second kappa shape index (κ2) is 9.53. The minimum absolute atomic E-state index is 0.0932. The van der Waals surface area contributed by atoms with Crippen LogP contribution in [0.3, 0.4) is 0 Å². The molecule has 1 N–H and O–H groups in total. The van der Waals surface area contributed by atoms with Crippen LogP contribution in [0.1, 0.15) is 38.2 Å². The highest BCUT2D eigenvalue weighted by molar-refractivity contribution is 5.77. The van der Waals surface area contributed by atoms with Crippen molar-refractivity contribution in [2.24, 2.45) is 0 Å². The maximum atomic E-state index is 12.7. The largest absolute Gasteiger partial charge is 0.488 e. The van der Waals surface area contributed by atoms with Gasteiger partial charge < -0.3 is 14.7 Å². The van der Waals surface area contributed by atoms with Crippen molar-refractivity contribution in [3.05, 3.63) is 70.8 Å². The van der Waals surface area contributed by atoms with Crippen molar-refractivity contribution in [1.29, 1.82) is 0 Å². The van der Waals surface area contributed by atoms with Gasteiger partial charge in [-0.3, -0.25) is 14.2 Å². The van der Waals surface area contributed by atoms with Gasteiger partial charge in [-0.05, 0) is 35.7 Å². The number of para-hydroxylation sites is 1. The quantitative estimate of drug-likeness (QED) is 0.644. The molecule has 7 nitrogen and oxygen atoms in total. The third-order valence-electron chi connectivity index (χ3n) is 5.98. The van der Waals surface area contributed by atoms with E-state index in [0.717, 1.165) is 5.75 Å². The van der Waals surface area contributed by atoms with Crippen LogP contribution in [-0.2, 0) is 11.3 Å². The zero-order valence-electron chi connectivity index (χ0n) is 18.5. The van der Waals surface area contributed by atoms with E-state index in [1.54, 1.807) is 23.1 Å².